The number of nitrogens with two attached hydrogens (primary N) is 1. The summed E-state index contributed by atoms with van der Waals surface area (Å²) in [6.45, 7) is 2.09. The largest absolute Gasteiger partial charge is 0.399 e. The summed E-state index contributed by atoms with van der Waals surface area (Å²) in [5.41, 5.74) is 7.28. The van der Waals surface area contributed by atoms with Gasteiger partial charge in [-0.2, -0.15) is 5.10 Å². The molecule has 3 N–H and O–H groups in total. The van der Waals surface area contributed by atoms with Crippen molar-refractivity contribution in [3.8, 4) is 0 Å². The molecule has 2 aromatic heterocycles. The molecule has 2 aromatic rings. The lowest BCUT2D eigenvalue weighted by Crippen LogP contribution is -2.28. The quantitative estimate of drug-likeness (QED) is 0.740. The zero-order valence-corrected chi connectivity index (χ0v) is 9.06. The molecule has 1 aliphatic heterocycles. The number of rotatable bonds is 1. The van der Waals surface area contributed by atoms with Gasteiger partial charge in [0.15, 0.2) is 11.5 Å². The molecule has 1 atom stereocenters. The van der Waals surface area contributed by atoms with Crippen molar-refractivity contribution in [2.75, 3.05) is 18.8 Å². The second kappa shape index (κ2) is 3.75. The van der Waals surface area contributed by atoms with Gasteiger partial charge in [-0.3, -0.25) is 0 Å². The molecule has 5 heteroatoms. The molecule has 0 saturated carbocycles. The van der Waals surface area contributed by atoms with Crippen LogP contribution in [0.15, 0.2) is 18.3 Å². The van der Waals surface area contributed by atoms with Gasteiger partial charge in [-0.15, -0.1) is 0 Å². The Kier molecular flexibility index (Phi) is 2.25. The number of nitrogens with zero attached hydrogens (tertiary/aromatic N) is 3. The van der Waals surface area contributed by atoms with Crippen molar-refractivity contribution in [1.82, 2.24) is 19.9 Å². The average molecular weight is 217 g/mol. The number of hydrogen-bond donors (Lipinski definition) is 2. The molecule has 1 fully saturated rings. The van der Waals surface area contributed by atoms with Crippen LogP contribution in [0.25, 0.3) is 5.65 Å². The van der Waals surface area contributed by atoms with Crippen molar-refractivity contribution in [2.45, 2.75) is 18.8 Å². The van der Waals surface area contributed by atoms with Gasteiger partial charge in [-0.1, -0.05) is 0 Å². The number of nitrogen functional groups attached to an aromatic ring is 1. The number of anilines is 1. The SMILES string of the molecule is Nc1ccn2nc(C3CCCNC3)nc2c1. The van der Waals surface area contributed by atoms with Crippen molar-refractivity contribution in [1.29, 1.82) is 0 Å². The topological polar surface area (TPSA) is 68.2 Å². The van der Waals surface area contributed by atoms with Gasteiger partial charge >= 0.3 is 0 Å². The van der Waals surface area contributed by atoms with E-state index in [9.17, 15) is 0 Å². The summed E-state index contributed by atoms with van der Waals surface area (Å²) >= 11 is 0. The second-order valence-electron chi connectivity index (χ2n) is 4.28. The van der Waals surface area contributed by atoms with Gasteiger partial charge < -0.3 is 11.1 Å². The fourth-order valence-electron chi connectivity index (χ4n) is 2.16. The van der Waals surface area contributed by atoms with Gasteiger partial charge in [0.1, 0.15) is 0 Å². The molecular weight excluding hydrogens is 202 g/mol. The number of hydrogen-bond acceptors (Lipinski definition) is 4. The predicted octanol–water partition coefficient (Wildman–Crippen LogP) is 0.778. The summed E-state index contributed by atoms with van der Waals surface area (Å²) in [4.78, 5) is 4.53. The van der Waals surface area contributed by atoms with E-state index in [4.69, 9.17) is 5.73 Å². The molecule has 0 aromatic carbocycles. The van der Waals surface area contributed by atoms with E-state index in [-0.39, 0.29) is 0 Å². The highest BCUT2D eigenvalue weighted by Gasteiger charge is 2.19. The van der Waals surface area contributed by atoms with Gasteiger partial charge in [0.05, 0.1) is 0 Å². The summed E-state index contributed by atoms with van der Waals surface area (Å²) < 4.78 is 1.79. The zero-order valence-electron chi connectivity index (χ0n) is 9.06. The van der Waals surface area contributed by atoms with Crippen LogP contribution < -0.4 is 11.1 Å². The van der Waals surface area contributed by atoms with Crippen molar-refractivity contribution in [2.24, 2.45) is 0 Å². The normalized spacial score (nSPS) is 21.4. The molecule has 0 spiro atoms. The molecule has 0 amide bonds. The van der Waals surface area contributed by atoms with Crippen molar-refractivity contribution in [3.05, 3.63) is 24.2 Å². The van der Waals surface area contributed by atoms with Crippen LogP contribution in [-0.4, -0.2) is 27.7 Å². The van der Waals surface area contributed by atoms with Gasteiger partial charge in [0.25, 0.3) is 0 Å². The standard InChI is InChI=1S/C11H15N5/c12-9-3-5-16-10(6-9)14-11(15-16)8-2-1-4-13-7-8/h3,5-6,8,13H,1-2,4,7,12H2. The molecular formula is C11H15N5. The van der Waals surface area contributed by atoms with Crippen LogP contribution in [0.2, 0.25) is 0 Å². The molecule has 0 aliphatic carbocycles. The zero-order chi connectivity index (χ0) is 11.0. The monoisotopic (exact) mass is 217 g/mol. The van der Waals surface area contributed by atoms with Crippen LogP contribution in [0, 0.1) is 0 Å². The Morgan fingerprint density at radius 2 is 2.44 bits per heavy atom. The lowest BCUT2D eigenvalue weighted by molar-refractivity contribution is 0.447. The fraction of sp³-hybridized carbons (Fsp3) is 0.455. The average Bonchev–Trinajstić information content (AvgIpc) is 2.73. The van der Waals surface area contributed by atoms with Gasteiger partial charge in [-0.05, 0) is 25.5 Å². The number of nitrogens with one attached hydrogen (secondary N) is 1. The third kappa shape index (κ3) is 1.63. The van der Waals surface area contributed by atoms with Crippen LogP contribution in [-0.2, 0) is 0 Å². The van der Waals surface area contributed by atoms with E-state index < -0.39 is 0 Å². The first-order valence-electron chi connectivity index (χ1n) is 5.65. The Balaban J connectivity index is 1.97. The summed E-state index contributed by atoms with van der Waals surface area (Å²) in [6.07, 6.45) is 4.22. The number of pyridine rings is 1. The number of piperidine rings is 1. The van der Waals surface area contributed by atoms with Crippen LogP contribution in [0.1, 0.15) is 24.6 Å². The Bertz CT molecular complexity index is 498. The van der Waals surface area contributed by atoms with Crippen LogP contribution >= 0.6 is 0 Å². The first-order valence-corrected chi connectivity index (χ1v) is 5.65. The lowest BCUT2D eigenvalue weighted by atomic mass is 9.99. The Hall–Kier alpha value is -1.62. The predicted molar refractivity (Wildman–Crippen MR) is 62.2 cm³/mol. The molecule has 1 saturated heterocycles. The van der Waals surface area contributed by atoms with Crippen molar-refractivity contribution < 1.29 is 0 Å². The van der Waals surface area contributed by atoms with E-state index in [1.807, 2.05) is 18.3 Å². The maximum atomic E-state index is 5.72. The highest BCUT2D eigenvalue weighted by atomic mass is 15.3. The van der Waals surface area contributed by atoms with E-state index in [2.05, 4.69) is 15.4 Å². The minimum atomic E-state index is 0.440. The Morgan fingerprint density at radius 1 is 1.50 bits per heavy atom. The molecule has 84 valence electrons. The smallest absolute Gasteiger partial charge is 0.157 e. The van der Waals surface area contributed by atoms with Gasteiger partial charge in [0, 0.05) is 30.4 Å². The third-order valence-corrected chi connectivity index (χ3v) is 3.04. The molecule has 0 bridgehead atoms. The molecule has 16 heavy (non-hydrogen) atoms. The van der Waals surface area contributed by atoms with E-state index in [1.54, 1.807) is 4.52 Å². The highest BCUT2D eigenvalue weighted by molar-refractivity contribution is 5.50. The molecule has 1 aliphatic rings. The number of fused-ring (bicyclic) bond motifs is 1. The highest BCUT2D eigenvalue weighted by Crippen LogP contribution is 2.20. The molecule has 3 rings (SSSR count). The number of aromatic nitrogens is 3. The van der Waals surface area contributed by atoms with Crippen molar-refractivity contribution >= 4 is 11.3 Å². The van der Waals surface area contributed by atoms with Gasteiger partial charge in [-0.25, -0.2) is 9.50 Å². The van der Waals surface area contributed by atoms with Crippen molar-refractivity contribution in [3.63, 3.8) is 0 Å². The fourth-order valence-corrected chi connectivity index (χ4v) is 2.16. The molecule has 3 heterocycles. The second-order valence-corrected chi connectivity index (χ2v) is 4.28. The summed E-state index contributed by atoms with van der Waals surface area (Å²) in [5, 5.41) is 7.86. The van der Waals surface area contributed by atoms with E-state index in [0.29, 0.717) is 5.92 Å². The van der Waals surface area contributed by atoms with Crippen LogP contribution in [0.5, 0.6) is 0 Å². The van der Waals surface area contributed by atoms with Gasteiger partial charge in [0.2, 0.25) is 0 Å². The first-order chi connectivity index (χ1) is 7.83. The van der Waals surface area contributed by atoms with E-state index >= 15 is 0 Å². The first kappa shape index (κ1) is 9.59. The van der Waals surface area contributed by atoms with Crippen LogP contribution in [0.4, 0.5) is 5.69 Å². The summed E-state index contributed by atoms with van der Waals surface area (Å²) in [7, 11) is 0. The maximum absolute atomic E-state index is 5.72. The molecule has 5 nitrogen and oxygen atoms in total. The Morgan fingerprint density at radius 3 is 3.25 bits per heavy atom. The third-order valence-electron chi connectivity index (χ3n) is 3.04. The molecule has 1 unspecified atom stereocenters. The lowest BCUT2D eigenvalue weighted by Gasteiger charge is -2.19. The summed E-state index contributed by atoms with van der Waals surface area (Å²) in [6, 6.07) is 3.69. The van der Waals surface area contributed by atoms with E-state index in [1.165, 1.54) is 12.8 Å². The summed E-state index contributed by atoms with van der Waals surface area (Å²) in [5.74, 6) is 1.37. The Labute approximate surface area is 93.7 Å². The minimum Gasteiger partial charge on any atom is -0.399 e. The maximum Gasteiger partial charge on any atom is 0.157 e. The molecule has 0 radical (unpaired) electrons. The van der Waals surface area contributed by atoms with Crippen LogP contribution in [0.3, 0.4) is 0 Å². The minimum absolute atomic E-state index is 0.440. The van der Waals surface area contributed by atoms with E-state index in [0.717, 1.165) is 30.2 Å².